The number of rotatable bonds is 6. The SMILES string of the molecule is COc1cccc(CC(C(=O)c2ccc(O)cc2)c2ccccc2)c1. The molecule has 25 heavy (non-hydrogen) atoms. The van der Waals surface area contributed by atoms with Gasteiger partial charge in [0, 0.05) is 5.56 Å². The second-order valence-electron chi connectivity index (χ2n) is 5.93. The molecule has 0 aromatic heterocycles. The first-order valence-corrected chi connectivity index (χ1v) is 8.18. The normalized spacial score (nSPS) is 11.7. The van der Waals surface area contributed by atoms with Crippen molar-refractivity contribution in [2.75, 3.05) is 7.11 Å². The van der Waals surface area contributed by atoms with E-state index in [-0.39, 0.29) is 17.5 Å². The highest BCUT2D eigenvalue weighted by molar-refractivity contribution is 6.01. The summed E-state index contributed by atoms with van der Waals surface area (Å²) < 4.78 is 5.29. The van der Waals surface area contributed by atoms with Gasteiger partial charge in [-0.25, -0.2) is 0 Å². The Bertz CT molecular complexity index is 839. The average molecular weight is 332 g/mol. The summed E-state index contributed by atoms with van der Waals surface area (Å²) in [6.07, 6.45) is 0.584. The molecule has 0 saturated carbocycles. The summed E-state index contributed by atoms with van der Waals surface area (Å²) in [5.41, 5.74) is 2.61. The topological polar surface area (TPSA) is 46.5 Å². The molecule has 3 aromatic carbocycles. The predicted molar refractivity (Wildman–Crippen MR) is 98.3 cm³/mol. The molecule has 1 unspecified atom stereocenters. The first-order chi connectivity index (χ1) is 12.2. The zero-order valence-electron chi connectivity index (χ0n) is 14.1. The van der Waals surface area contributed by atoms with Crippen molar-refractivity contribution in [1.29, 1.82) is 0 Å². The van der Waals surface area contributed by atoms with Crippen molar-refractivity contribution in [3.8, 4) is 11.5 Å². The molecule has 0 amide bonds. The lowest BCUT2D eigenvalue weighted by Crippen LogP contribution is -2.15. The number of ether oxygens (including phenoxy) is 1. The van der Waals surface area contributed by atoms with E-state index in [0.29, 0.717) is 12.0 Å². The van der Waals surface area contributed by atoms with Gasteiger partial charge in [-0.05, 0) is 53.9 Å². The van der Waals surface area contributed by atoms with Crippen molar-refractivity contribution in [3.63, 3.8) is 0 Å². The minimum Gasteiger partial charge on any atom is -0.508 e. The lowest BCUT2D eigenvalue weighted by molar-refractivity contribution is 0.0959. The van der Waals surface area contributed by atoms with Crippen LogP contribution in [0.3, 0.4) is 0 Å². The Balaban J connectivity index is 1.95. The van der Waals surface area contributed by atoms with Gasteiger partial charge in [0.2, 0.25) is 0 Å². The van der Waals surface area contributed by atoms with Crippen molar-refractivity contribution in [2.24, 2.45) is 0 Å². The molecular weight excluding hydrogens is 312 g/mol. The molecule has 3 heteroatoms. The number of phenolic OH excluding ortho intramolecular Hbond substituents is 1. The second-order valence-corrected chi connectivity index (χ2v) is 5.93. The maximum absolute atomic E-state index is 13.1. The quantitative estimate of drug-likeness (QED) is 0.671. The summed E-state index contributed by atoms with van der Waals surface area (Å²) >= 11 is 0. The van der Waals surface area contributed by atoms with Crippen LogP contribution >= 0.6 is 0 Å². The van der Waals surface area contributed by atoms with E-state index >= 15 is 0 Å². The molecule has 126 valence electrons. The van der Waals surface area contributed by atoms with E-state index in [1.165, 1.54) is 0 Å². The molecule has 0 aliphatic rings. The standard InChI is InChI=1S/C22H20O3/c1-25-20-9-5-6-16(14-20)15-21(17-7-3-2-4-8-17)22(24)18-10-12-19(23)13-11-18/h2-14,21,23H,15H2,1H3. The molecule has 0 aliphatic heterocycles. The number of carbonyl (C=O) groups is 1. The number of hydrogen-bond donors (Lipinski definition) is 1. The number of hydrogen-bond acceptors (Lipinski definition) is 3. The van der Waals surface area contributed by atoms with Gasteiger partial charge in [0.05, 0.1) is 13.0 Å². The first kappa shape index (κ1) is 16.8. The van der Waals surface area contributed by atoms with Gasteiger partial charge >= 0.3 is 0 Å². The van der Waals surface area contributed by atoms with E-state index in [1.54, 1.807) is 31.4 Å². The number of methoxy groups -OCH3 is 1. The van der Waals surface area contributed by atoms with Crippen LogP contribution in [0.15, 0.2) is 78.9 Å². The third-order valence-electron chi connectivity index (χ3n) is 4.24. The number of phenols is 1. The summed E-state index contributed by atoms with van der Waals surface area (Å²) in [7, 11) is 1.63. The van der Waals surface area contributed by atoms with Crippen LogP contribution in [0.2, 0.25) is 0 Å². The maximum Gasteiger partial charge on any atom is 0.170 e. The molecule has 0 bridgehead atoms. The molecule has 0 saturated heterocycles. The van der Waals surface area contributed by atoms with E-state index in [4.69, 9.17) is 4.74 Å². The van der Waals surface area contributed by atoms with Gasteiger partial charge in [-0.15, -0.1) is 0 Å². The highest BCUT2D eigenvalue weighted by Crippen LogP contribution is 2.27. The van der Waals surface area contributed by atoms with Gasteiger partial charge in [-0.1, -0.05) is 42.5 Å². The van der Waals surface area contributed by atoms with Crippen molar-refractivity contribution >= 4 is 5.78 Å². The van der Waals surface area contributed by atoms with E-state index < -0.39 is 0 Å². The van der Waals surface area contributed by atoms with Crippen molar-refractivity contribution < 1.29 is 14.6 Å². The fraction of sp³-hybridized carbons (Fsp3) is 0.136. The number of benzene rings is 3. The third kappa shape index (κ3) is 4.07. The molecule has 3 nitrogen and oxygen atoms in total. The van der Waals surface area contributed by atoms with Crippen LogP contribution in [0.5, 0.6) is 11.5 Å². The number of carbonyl (C=O) groups excluding carboxylic acids is 1. The Kier molecular flexibility index (Phi) is 5.14. The minimum absolute atomic E-state index is 0.0361. The molecule has 1 N–H and O–H groups in total. The fourth-order valence-corrected chi connectivity index (χ4v) is 2.91. The summed E-state index contributed by atoms with van der Waals surface area (Å²) in [6.45, 7) is 0. The van der Waals surface area contributed by atoms with Crippen LogP contribution < -0.4 is 4.74 Å². The van der Waals surface area contributed by atoms with Gasteiger partial charge in [0.1, 0.15) is 11.5 Å². The zero-order valence-corrected chi connectivity index (χ0v) is 14.1. The molecule has 1 atom stereocenters. The number of aromatic hydroxyl groups is 1. The van der Waals surface area contributed by atoms with E-state index in [1.807, 2.05) is 54.6 Å². The smallest absolute Gasteiger partial charge is 0.170 e. The van der Waals surface area contributed by atoms with Crippen molar-refractivity contribution in [2.45, 2.75) is 12.3 Å². The first-order valence-electron chi connectivity index (χ1n) is 8.18. The van der Waals surface area contributed by atoms with Crippen LogP contribution in [-0.2, 0) is 6.42 Å². The molecule has 0 heterocycles. The Morgan fingerprint density at radius 3 is 2.36 bits per heavy atom. The van der Waals surface area contributed by atoms with Crippen LogP contribution in [0, 0.1) is 0 Å². The van der Waals surface area contributed by atoms with Gasteiger partial charge in [0.15, 0.2) is 5.78 Å². The summed E-state index contributed by atoms with van der Waals surface area (Å²) in [5.74, 6) is 0.675. The molecule has 0 radical (unpaired) electrons. The lowest BCUT2D eigenvalue weighted by atomic mass is 9.85. The van der Waals surface area contributed by atoms with Crippen molar-refractivity contribution in [1.82, 2.24) is 0 Å². The molecular formula is C22H20O3. The zero-order chi connectivity index (χ0) is 17.6. The molecule has 3 aromatic rings. The van der Waals surface area contributed by atoms with Crippen molar-refractivity contribution in [3.05, 3.63) is 95.6 Å². The molecule has 0 fully saturated rings. The lowest BCUT2D eigenvalue weighted by Gasteiger charge is -2.17. The Hall–Kier alpha value is -3.07. The highest BCUT2D eigenvalue weighted by atomic mass is 16.5. The molecule has 0 aliphatic carbocycles. The van der Waals surface area contributed by atoms with Crippen LogP contribution in [0.1, 0.15) is 27.4 Å². The van der Waals surface area contributed by atoms with Gasteiger partial charge in [-0.2, -0.15) is 0 Å². The fourth-order valence-electron chi connectivity index (χ4n) is 2.91. The minimum atomic E-state index is -0.294. The van der Waals surface area contributed by atoms with Gasteiger partial charge < -0.3 is 9.84 Å². The summed E-state index contributed by atoms with van der Waals surface area (Å²) in [5, 5.41) is 9.46. The van der Waals surface area contributed by atoms with E-state index in [2.05, 4.69) is 0 Å². The monoisotopic (exact) mass is 332 g/mol. The van der Waals surface area contributed by atoms with Crippen LogP contribution in [-0.4, -0.2) is 18.0 Å². The second kappa shape index (κ2) is 7.67. The Morgan fingerprint density at radius 1 is 0.960 bits per heavy atom. The summed E-state index contributed by atoms with van der Waals surface area (Å²) in [6, 6.07) is 24.0. The number of Topliss-reactive ketones (excluding diaryl/α,β-unsaturated/α-hetero) is 1. The molecule has 0 spiro atoms. The Labute approximate surface area is 147 Å². The third-order valence-corrected chi connectivity index (χ3v) is 4.24. The van der Waals surface area contributed by atoms with Crippen LogP contribution in [0.4, 0.5) is 0 Å². The predicted octanol–water partition coefficient (Wildman–Crippen LogP) is 4.61. The highest BCUT2D eigenvalue weighted by Gasteiger charge is 2.22. The maximum atomic E-state index is 13.1. The molecule has 3 rings (SSSR count). The van der Waals surface area contributed by atoms with Crippen LogP contribution in [0.25, 0.3) is 0 Å². The Morgan fingerprint density at radius 2 is 1.68 bits per heavy atom. The summed E-state index contributed by atoms with van der Waals surface area (Å²) in [4.78, 5) is 13.1. The largest absolute Gasteiger partial charge is 0.508 e. The average Bonchev–Trinajstić information content (AvgIpc) is 2.67. The van der Waals surface area contributed by atoms with Gasteiger partial charge in [0.25, 0.3) is 0 Å². The van der Waals surface area contributed by atoms with E-state index in [0.717, 1.165) is 16.9 Å². The van der Waals surface area contributed by atoms with E-state index in [9.17, 15) is 9.90 Å². The number of ketones is 1. The van der Waals surface area contributed by atoms with Gasteiger partial charge in [-0.3, -0.25) is 4.79 Å².